The molecule has 3 fully saturated rings. The first-order valence-corrected chi connectivity index (χ1v) is 10.3. The zero-order valence-corrected chi connectivity index (χ0v) is 16.5. The van der Waals surface area contributed by atoms with Crippen molar-refractivity contribution in [3.05, 3.63) is 35.4 Å². The zero-order chi connectivity index (χ0) is 18.3. The van der Waals surface area contributed by atoms with Crippen LogP contribution in [0.4, 0.5) is 0 Å². The van der Waals surface area contributed by atoms with E-state index in [-0.39, 0.29) is 11.9 Å². The van der Waals surface area contributed by atoms with E-state index in [1.54, 1.807) is 0 Å². The van der Waals surface area contributed by atoms with E-state index in [0.29, 0.717) is 18.4 Å². The molecule has 3 aliphatic rings. The minimum absolute atomic E-state index is 0.250. The Kier molecular flexibility index (Phi) is 5.07. The number of carbonyl (C=O) groups excluding carboxylic acids is 1. The fourth-order valence-corrected chi connectivity index (χ4v) is 5.58. The lowest BCUT2D eigenvalue weighted by molar-refractivity contribution is -0.133. The molecule has 1 aromatic carbocycles. The molecule has 0 aromatic heterocycles. The molecular weight excluding hydrogens is 322 g/mol. The average Bonchev–Trinajstić information content (AvgIpc) is 3.30. The quantitative estimate of drug-likeness (QED) is 0.831. The van der Waals surface area contributed by atoms with E-state index in [4.69, 9.17) is 0 Å². The van der Waals surface area contributed by atoms with E-state index in [0.717, 1.165) is 12.6 Å². The van der Waals surface area contributed by atoms with Gasteiger partial charge in [0.15, 0.2) is 0 Å². The van der Waals surface area contributed by atoms with Gasteiger partial charge in [0.05, 0.1) is 12.6 Å². The van der Waals surface area contributed by atoms with E-state index in [9.17, 15) is 4.79 Å². The highest BCUT2D eigenvalue weighted by Gasteiger charge is 2.50. The summed E-state index contributed by atoms with van der Waals surface area (Å²) < 4.78 is 0. The monoisotopic (exact) mass is 355 g/mol. The molecule has 4 heteroatoms. The van der Waals surface area contributed by atoms with Gasteiger partial charge < -0.3 is 9.80 Å². The molecule has 1 amide bonds. The molecule has 4 rings (SSSR count). The van der Waals surface area contributed by atoms with E-state index < -0.39 is 0 Å². The summed E-state index contributed by atoms with van der Waals surface area (Å²) in [6.45, 7) is 5.98. The van der Waals surface area contributed by atoms with E-state index in [2.05, 4.69) is 41.0 Å². The summed E-state index contributed by atoms with van der Waals surface area (Å²) in [6.07, 6.45) is 5.53. The molecule has 0 spiro atoms. The molecule has 26 heavy (non-hydrogen) atoms. The number of nitrogens with zero attached hydrogens (tertiary/aromatic N) is 3. The predicted molar refractivity (Wildman–Crippen MR) is 105 cm³/mol. The van der Waals surface area contributed by atoms with Crippen molar-refractivity contribution in [2.45, 2.75) is 44.7 Å². The molecule has 1 aromatic rings. The molecule has 2 saturated heterocycles. The van der Waals surface area contributed by atoms with Gasteiger partial charge in [-0.05, 0) is 50.9 Å². The van der Waals surface area contributed by atoms with Crippen LogP contribution >= 0.6 is 0 Å². The Labute approximate surface area is 158 Å². The summed E-state index contributed by atoms with van der Waals surface area (Å²) in [4.78, 5) is 19.9. The van der Waals surface area contributed by atoms with Crippen molar-refractivity contribution < 1.29 is 4.79 Å². The van der Waals surface area contributed by atoms with Gasteiger partial charge in [-0.3, -0.25) is 9.69 Å². The van der Waals surface area contributed by atoms with Crippen LogP contribution < -0.4 is 0 Å². The van der Waals surface area contributed by atoms with Crippen molar-refractivity contribution >= 4 is 5.91 Å². The number of rotatable bonds is 4. The number of amides is 1. The molecule has 0 radical (unpaired) electrons. The summed E-state index contributed by atoms with van der Waals surface area (Å²) in [5, 5.41) is 0. The number of fused-ring (bicyclic) bond motifs is 1. The van der Waals surface area contributed by atoms with Gasteiger partial charge in [0.25, 0.3) is 0 Å². The zero-order valence-electron chi connectivity index (χ0n) is 16.5. The Morgan fingerprint density at radius 3 is 2.54 bits per heavy atom. The van der Waals surface area contributed by atoms with Crippen molar-refractivity contribution in [3.63, 3.8) is 0 Å². The topological polar surface area (TPSA) is 26.8 Å². The molecule has 2 aliphatic heterocycles. The fraction of sp³-hybridized carbons (Fsp3) is 0.682. The Morgan fingerprint density at radius 2 is 1.85 bits per heavy atom. The molecule has 142 valence electrons. The summed E-state index contributed by atoms with van der Waals surface area (Å²) in [7, 11) is 3.97. The van der Waals surface area contributed by atoms with Crippen LogP contribution in [0.3, 0.4) is 0 Å². The minimum atomic E-state index is 0.250. The second-order valence-electron chi connectivity index (χ2n) is 8.90. The van der Waals surface area contributed by atoms with Gasteiger partial charge in [0.1, 0.15) is 0 Å². The molecule has 3 atom stereocenters. The van der Waals surface area contributed by atoms with Gasteiger partial charge in [-0.2, -0.15) is 0 Å². The average molecular weight is 356 g/mol. The van der Waals surface area contributed by atoms with Gasteiger partial charge in [0.2, 0.25) is 5.91 Å². The fourth-order valence-electron chi connectivity index (χ4n) is 5.58. The lowest BCUT2D eigenvalue weighted by Gasteiger charge is -2.33. The molecule has 1 saturated carbocycles. The van der Waals surface area contributed by atoms with Crippen LogP contribution in [0.25, 0.3) is 0 Å². The van der Waals surface area contributed by atoms with Crippen LogP contribution in [0.5, 0.6) is 0 Å². The molecule has 0 bridgehead atoms. The van der Waals surface area contributed by atoms with Crippen molar-refractivity contribution in [1.82, 2.24) is 14.7 Å². The molecule has 4 nitrogen and oxygen atoms in total. The summed E-state index contributed by atoms with van der Waals surface area (Å²) in [5.74, 6) is 1.50. The molecule has 0 unspecified atom stereocenters. The van der Waals surface area contributed by atoms with Crippen LogP contribution in [-0.4, -0.2) is 66.9 Å². The van der Waals surface area contributed by atoms with Gasteiger partial charge in [0, 0.05) is 31.6 Å². The third-order valence-electron chi connectivity index (χ3n) is 6.81. The Bertz CT molecular complexity index is 653. The van der Waals surface area contributed by atoms with Crippen LogP contribution in [0, 0.1) is 18.8 Å². The molecule has 0 N–H and O–H groups in total. The maximum Gasteiger partial charge on any atom is 0.237 e. The summed E-state index contributed by atoms with van der Waals surface area (Å²) >= 11 is 0. The van der Waals surface area contributed by atoms with Crippen molar-refractivity contribution in [2.75, 3.05) is 40.3 Å². The number of carbonyl (C=O) groups is 1. The maximum absolute atomic E-state index is 13.0. The second-order valence-corrected chi connectivity index (χ2v) is 8.90. The van der Waals surface area contributed by atoms with E-state index >= 15 is 0 Å². The number of aryl methyl sites for hydroxylation is 1. The molecule has 1 aliphatic carbocycles. The van der Waals surface area contributed by atoms with Crippen LogP contribution in [-0.2, 0) is 4.79 Å². The first kappa shape index (κ1) is 18.0. The molecule has 2 heterocycles. The first-order chi connectivity index (χ1) is 12.5. The maximum atomic E-state index is 13.0. The van der Waals surface area contributed by atoms with Crippen molar-refractivity contribution in [3.8, 4) is 0 Å². The number of likely N-dealkylation sites (N-methyl/N-ethyl adjacent to an activating group) is 1. The highest BCUT2D eigenvalue weighted by atomic mass is 16.2. The van der Waals surface area contributed by atoms with Gasteiger partial charge in [-0.1, -0.05) is 37.1 Å². The second kappa shape index (κ2) is 7.32. The van der Waals surface area contributed by atoms with Crippen molar-refractivity contribution in [2.24, 2.45) is 11.8 Å². The standard InChI is InChI=1S/C22H33N3O/c1-16-8-4-7-11-19(16)22-20-14-24(18-9-5-6-10-18)12-17(20)13-25(22)21(26)15-23(2)3/h4,7-8,11,17-18,20,22H,5-6,9-10,12-15H2,1-3H3/t17-,20-,22+/m1/s1. The van der Waals surface area contributed by atoms with Crippen molar-refractivity contribution in [1.29, 1.82) is 0 Å². The van der Waals surface area contributed by atoms with Crippen LogP contribution in [0.2, 0.25) is 0 Å². The number of hydrogen-bond donors (Lipinski definition) is 0. The first-order valence-electron chi connectivity index (χ1n) is 10.3. The minimum Gasteiger partial charge on any atom is -0.334 e. The van der Waals surface area contributed by atoms with Crippen LogP contribution in [0.15, 0.2) is 24.3 Å². The Morgan fingerprint density at radius 1 is 1.12 bits per heavy atom. The smallest absolute Gasteiger partial charge is 0.237 e. The van der Waals surface area contributed by atoms with Gasteiger partial charge >= 0.3 is 0 Å². The summed E-state index contributed by atoms with van der Waals surface area (Å²) in [5.41, 5.74) is 2.68. The van der Waals surface area contributed by atoms with Gasteiger partial charge in [-0.25, -0.2) is 0 Å². The highest BCUT2D eigenvalue weighted by Crippen LogP contribution is 2.47. The lowest BCUT2D eigenvalue weighted by atomic mass is 9.87. The summed E-state index contributed by atoms with van der Waals surface area (Å²) in [6, 6.07) is 9.73. The normalized spacial score (nSPS) is 29.7. The lowest BCUT2D eigenvalue weighted by Crippen LogP contribution is -2.41. The Hall–Kier alpha value is -1.39. The largest absolute Gasteiger partial charge is 0.334 e. The third-order valence-corrected chi connectivity index (χ3v) is 6.81. The van der Waals surface area contributed by atoms with E-state index in [1.807, 2.05) is 19.0 Å². The van der Waals surface area contributed by atoms with E-state index in [1.165, 1.54) is 49.9 Å². The third kappa shape index (κ3) is 3.29. The molecular formula is C22H33N3O. The van der Waals surface area contributed by atoms with Gasteiger partial charge in [-0.15, -0.1) is 0 Å². The number of benzene rings is 1. The Balaban J connectivity index is 1.60. The predicted octanol–water partition coefficient (Wildman–Crippen LogP) is 2.93. The number of hydrogen-bond acceptors (Lipinski definition) is 3. The van der Waals surface area contributed by atoms with Crippen LogP contribution in [0.1, 0.15) is 42.9 Å². The number of likely N-dealkylation sites (tertiary alicyclic amines) is 2. The SMILES string of the molecule is Cc1ccccc1[C@H]1[C@@H]2CN(C3CCCC3)C[C@@H]2CN1C(=O)CN(C)C. The highest BCUT2D eigenvalue weighted by molar-refractivity contribution is 5.79.